The molecule has 9 heteroatoms. The number of carbonyl (C=O) groups is 1. The molecule has 7 rings (SSSR count). The van der Waals surface area contributed by atoms with Crippen molar-refractivity contribution in [3.05, 3.63) is 65.3 Å². The van der Waals surface area contributed by atoms with E-state index < -0.39 is 0 Å². The van der Waals surface area contributed by atoms with Crippen LogP contribution >= 0.6 is 0 Å². The fourth-order valence-corrected chi connectivity index (χ4v) is 5.83. The van der Waals surface area contributed by atoms with Crippen LogP contribution in [0.25, 0.3) is 0 Å². The van der Waals surface area contributed by atoms with E-state index in [1.165, 1.54) is 19.3 Å². The van der Waals surface area contributed by atoms with E-state index >= 15 is 0 Å². The van der Waals surface area contributed by atoms with Crippen LogP contribution in [0.2, 0.25) is 0 Å². The van der Waals surface area contributed by atoms with Gasteiger partial charge in [-0.2, -0.15) is 0 Å². The number of hydrogen-bond acceptors (Lipinski definition) is 7. The Bertz CT molecular complexity index is 1340. The second-order valence-electron chi connectivity index (χ2n) is 11.7. The van der Waals surface area contributed by atoms with Gasteiger partial charge in [-0.15, -0.1) is 10.2 Å². The van der Waals surface area contributed by atoms with E-state index in [2.05, 4.69) is 37.5 Å². The third kappa shape index (κ3) is 4.55. The van der Waals surface area contributed by atoms with Crippen molar-refractivity contribution in [3.63, 3.8) is 0 Å². The molecule has 2 aliphatic carbocycles. The van der Waals surface area contributed by atoms with Crippen molar-refractivity contribution in [3.8, 4) is 0 Å². The lowest BCUT2D eigenvalue weighted by atomic mass is 9.75. The molecule has 1 amide bonds. The molecule has 2 saturated carbocycles. The van der Waals surface area contributed by atoms with Gasteiger partial charge in [0.1, 0.15) is 23.7 Å². The van der Waals surface area contributed by atoms with E-state index in [0.29, 0.717) is 30.2 Å². The lowest BCUT2D eigenvalue weighted by Crippen LogP contribution is -2.49. The predicted octanol–water partition coefficient (Wildman–Crippen LogP) is 3.23. The van der Waals surface area contributed by atoms with Crippen LogP contribution in [-0.4, -0.2) is 61.8 Å². The largest absolute Gasteiger partial charge is 0.379 e. The number of amides is 1. The lowest BCUT2D eigenvalue weighted by Gasteiger charge is -2.41. The van der Waals surface area contributed by atoms with Crippen molar-refractivity contribution in [1.29, 1.82) is 0 Å². The molecular formula is C28H33N7O2. The van der Waals surface area contributed by atoms with Crippen molar-refractivity contribution in [2.75, 3.05) is 31.6 Å². The van der Waals surface area contributed by atoms with Gasteiger partial charge in [0.2, 0.25) is 0 Å². The predicted molar refractivity (Wildman–Crippen MR) is 137 cm³/mol. The highest BCUT2D eigenvalue weighted by atomic mass is 16.5. The first-order valence-corrected chi connectivity index (χ1v) is 13.4. The Morgan fingerprint density at radius 3 is 2.70 bits per heavy atom. The van der Waals surface area contributed by atoms with Crippen LogP contribution in [0.15, 0.2) is 36.7 Å². The third-order valence-corrected chi connectivity index (χ3v) is 8.62. The Kier molecular flexibility index (Phi) is 5.40. The molecule has 4 heterocycles. The van der Waals surface area contributed by atoms with E-state index in [0.717, 1.165) is 67.5 Å². The van der Waals surface area contributed by atoms with Gasteiger partial charge in [0.05, 0.1) is 18.9 Å². The lowest BCUT2D eigenvalue weighted by molar-refractivity contribution is -0.0610. The first-order valence-electron chi connectivity index (χ1n) is 13.4. The van der Waals surface area contributed by atoms with Crippen molar-refractivity contribution in [1.82, 2.24) is 29.6 Å². The number of rotatable bonds is 8. The summed E-state index contributed by atoms with van der Waals surface area (Å²) in [5.41, 5.74) is 3.71. The van der Waals surface area contributed by atoms with Crippen LogP contribution in [0.4, 0.5) is 5.69 Å². The fraction of sp³-hybridized carbons (Fsp3) is 0.536. The molecule has 1 spiro atoms. The number of nitrogens with zero attached hydrogens (tertiary/aromatic N) is 6. The summed E-state index contributed by atoms with van der Waals surface area (Å²) in [6.45, 7) is 4.31. The Balaban J connectivity index is 1.10. The summed E-state index contributed by atoms with van der Waals surface area (Å²) in [5.74, 6) is 1.95. The van der Waals surface area contributed by atoms with Crippen LogP contribution < -0.4 is 5.32 Å². The van der Waals surface area contributed by atoms with Crippen LogP contribution in [-0.2, 0) is 30.2 Å². The maximum Gasteiger partial charge on any atom is 0.274 e. The quantitative estimate of drug-likeness (QED) is 0.508. The van der Waals surface area contributed by atoms with Gasteiger partial charge in [-0.1, -0.05) is 12.1 Å². The third-order valence-electron chi connectivity index (χ3n) is 8.62. The average molecular weight is 500 g/mol. The Morgan fingerprint density at radius 2 is 2.03 bits per heavy atom. The average Bonchev–Trinajstić information content (AvgIpc) is 3.77. The van der Waals surface area contributed by atoms with Gasteiger partial charge in [-0.05, 0) is 67.8 Å². The minimum atomic E-state index is -0.185. The number of hydrogen-bond donors (Lipinski definition) is 1. The van der Waals surface area contributed by atoms with Crippen LogP contribution in [0, 0.1) is 5.41 Å². The molecule has 2 aliphatic heterocycles. The maximum atomic E-state index is 13.4. The number of aryl methyl sites for hydroxylation is 1. The smallest absolute Gasteiger partial charge is 0.274 e. The van der Waals surface area contributed by atoms with Crippen LogP contribution in [0.3, 0.4) is 0 Å². The maximum absolute atomic E-state index is 13.4. The van der Waals surface area contributed by atoms with E-state index in [1.807, 2.05) is 29.8 Å². The molecule has 37 heavy (non-hydrogen) atoms. The van der Waals surface area contributed by atoms with Crippen molar-refractivity contribution < 1.29 is 9.53 Å². The summed E-state index contributed by atoms with van der Waals surface area (Å²) in [6, 6.07) is 9.97. The highest BCUT2D eigenvalue weighted by Crippen LogP contribution is 2.52. The number of benzene rings is 1. The zero-order chi connectivity index (χ0) is 25.0. The molecule has 1 aromatic carbocycles. The Hall–Kier alpha value is -3.17. The minimum Gasteiger partial charge on any atom is -0.379 e. The zero-order valence-corrected chi connectivity index (χ0v) is 21.3. The fourth-order valence-electron chi connectivity index (χ4n) is 5.83. The molecule has 0 unspecified atom stereocenters. The summed E-state index contributed by atoms with van der Waals surface area (Å²) < 4.78 is 7.58. The SMILES string of the molecule is Cn1cnnc1CC1(c2cccc(NC(=O)c3cc(CN4CCC5(CC5)C4)nc(C4CC4)n3)c2)COC1. The first-order chi connectivity index (χ1) is 18.0. The van der Waals surface area contributed by atoms with Gasteiger partial charge in [-0.25, -0.2) is 9.97 Å². The second-order valence-corrected chi connectivity index (χ2v) is 11.7. The molecule has 1 N–H and O–H groups in total. The van der Waals surface area contributed by atoms with Crippen LogP contribution in [0.5, 0.6) is 0 Å². The number of carbonyl (C=O) groups excluding carboxylic acids is 1. The summed E-state index contributed by atoms with van der Waals surface area (Å²) in [5, 5.41) is 11.4. The highest BCUT2D eigenvalue weighted by molar-refractivity contribution is 6.03. The molecule has 4 aliphatic rings. The molecule has 2 saturated heterocycles. The van der Waals surface area contributed by atoms with Gasteiger partial charge in [0.25, 0.3) is 5.91 Å². The highest BCUT2D eigenvalue weighted by Gasteiger charge is 2.47. The normalized spacial score (nSPS) is 21.6. The molecule has 0 radical (unpaired) electrons. The van der Waals surface area contributed by atoms with Crippen molar-refractivity contribution in [2.24, 2.45) is 12.5 Å². The number of nitrogens with one attached hydrogen (secondary N) is 1. The van der Waals surface area contributed by atoms with Gasteiger partial charge >= 0.3 is 0 Å². The number of likely N-dealkylation sites (tertiary alicyclic amines) is 1. The topological polar surface area (TPSA) is 98.1 Å². The van der Waals surface area contributed by atoms with E-state index in [1.54, 1.807) is 6.33 Å². The van der Waals surface area contributed by atoms with Gasteiger partial charge < -0.3 is 14.6 Å². The number of aromatic nitrogens is 5. The zero-order valence-electron chi connectivity index (χ0n) is 21.3. The van der Waals surface area contributed by atoms with Crippen molar-refractivity contribution >= 4 is 11.6 Å². The first kappa shape index (κ1) is 23.0. The molecule has 2 aromatic heterocycles. The van der Waals surface area contributed by atoms with E-state index in [4.69, 9.17) is 9.72 Å². The molecule has 0 bridgehead atoms. The Labute approximate surface area is 216 Å². The summed E-state index contributed by atoms with van der Waals surface area (Å²) >= 11 is 0. The van der Waals surface area contributed by atoms with Gasteiger partial charge in [-0.3, -0.25) is 9.69 Å². The summed E-state index contributed by atoms with van der Waals surface area (Å²) in [6.07, 6.45) is 8.68. The second kappa shape index (κ2) is 8.70. The van der Waals surface area contributed by atoms with Crippen molar-refractivity contribution in [2.45, 2.75) is 56.4 Å². The standard InChI is InChI=1S/C28H33N7O2/c1-34-18-29-33-24(34)13-28(16-37-17-28)20-3-2-4-21(11-20)31-26(36)23-12-22(30-25(32-23)19-5-6-19)14-35-10-9-27(15-35)7-8-27/h2-4,11-12,18-19H,5-10,13-17H2,1H3,(H,31,36). The molecule has 0 atom stereocenters. The Morgan fingerprint density at radius 1 is 1.16 bits per heavy atom. The van der Waals surface area contributed by atoms with E-state index in [9.17, 15) is 4.79 Å². The summed E-state index contributed by atoms with van der Waals surface area (Å²) in [7, 11) is 1.96. The molecule has 192 valence electrons. The summed E-state index contributed by atoms with van der Waals surface area (Å²) in [4.78, 5) is 25.4. The van der Waals surface area contributed by atoms with Gasteiger partial charge in [0, 0.05) is 43.6 Å². The molecule has 9 nitrogen and oxygen atoms in total. The molecule has 3 aromatic rings. The number of ether oxygens (including phenoxy) is 1. The molecule has 4 fully saturated rings. The van der Waals surface area contributed by atoms with Crippen LogP contribution in [0.1, 0.15) is 71.4 Å². The minimum absolute atomic E-state index is 0.169. The van der Waals surface area contributed by atoms with E-state index in [-0.39, 0.29) is 11.3 Å². The molecular weight excluding hydrogens is 466 g/mol. The monoisotopic (exact) mass is 499 g/mol. The van der Waals surface area contributed by atoms with Gasteiger partial charge in [0.15, 0.2) is 0 Å². The number of anilines is 1.